The van der Waals surface area contributed by atoms with Crippen LogP contribution in [-0.4, -0.2) is 11.0 Å². The van der Waals surface area contributed by atoms with Crippen LogP contribution in [0.3, 0.4) is 0 Å². The van der Waals surface area contributed by atoms with Gasteiger partial charge >= 0.3 is 0 Å². The molecule has 84 valence electrons. The van der Waals surface area contributed by atoms with Gasteiger partial charge < -0.3 is 5.32 Å². The third kappa shape index (κ3) is 2.67. The van der Waals surface area contributed by atoms with Crippen LogP contribution in [-0.2, 0) is 6.54 Å². The summed E-state index contributed by atoms with van der Waals surface area (Å²) in [6.07, 6.45) is 6.42. The van der Waals surface area contributed by atoms with E-state index in [0.29, 0.717) is 12.6 Å². The van der Waals surface area contributed by atoms with E-state index in [1.807, 2.05) is 6.07 Å². The highest BCUT2D eigenvalue weighted by molar-refractivity contribution is 5.34. The Kier molecular flexibility index (Phi) is 3.31. The Labute approximate surface area is 94.1 Å². The number of hydrogen-bond donors (Lipinski definition) is 1. The zero-order chi connectivity index (χ0) is 11.4. The second kappa shape index (κ2) is 4.90. The number of nitrogens with one attached hydrogen (secondary N) is 1. The molecule has 0 bridgehead atoms. The van der Waals surface area contributed by atoms with E-state index in [-0.39, 0.29) is 10.6 Å². The lowest BCUT2D eigenvalue weighted by Gasteiger charge is -2.11. The molecule has 0 aliphatic heterocycles. The average Bonchev–Trinajstić information content (AvgIpc) is 2.79. The van der Waals surface area contributed by atoms with E-state index in [1.54, 1.807) is 12.1 Å². The fraction of sp³-hybridized carbons (Fsp3) is 0.333. The zero-order valence-corrected chi connectivity index (χ0v) is 8.93. The predicted molar refractivity (Wildman–Crippen MR) is 62.1 cm³/mol. The van der Waals surface area contributed by atoms with Crippen LogP contribution in [0.2, 0.25) is 0 Å². The molecule has 4 heteroatoms. The van der Waals surface area contributed by atoms with Crippen LogP contribution in [0, 0.1) is 10.1 Å². The van der Waals surface area contributed by atoms with E-state index in [0.717, 1.165) is 18.4 Å². The molecule has 1 aliphatic rings. The van der Waals surface area contributed by atoms with E-state index in [4.69, 9.17) is 0 Å². The highest BCUT2D eigenvalue weighted by atomic mass is 16.6. The van der Waals surface area contributed by atoms with Gasteiger partial charge in [-0.15, -0.1) is 0 Å². The summed E-state index contributed by atoms with van der Waals surface area (Å²) in [6, 6.07) is 7.25. The number of nitro benzene ring substituents is 1. The minimum Gasteiger partial charge on any atom is -0.309 e. The number of nitrogens with zero attached hydrogens (tertiary/aromatic N) is 1. The summed E-state index contributed by atoms with van der Waals surface area (Å²) in [4.78, 5) is 10.2. The Morgan fingerprint density at radius 2 is 2.12 bits per heavy atom. The van der Waals surface area contributed by atoms with Gasteiger partial charge in [-0.2, -0.15) is 0 Å². The molecule has 0 spiro atoms. The molecular formula is C12H14N2O2. The topological polar surface area (TPSA) is 55.2 Å². The molecule has 2 rings (SSSR count). The molecule has 1 N–H and O–H groups in total. The molecule has 0 saturated carbocycles. The van der Waals surface area contributed by atoms with Crippen molar-refractivity contribution in [1.29, 1.82) is 0 Å². The first kappa shape index (κ1) is 10.8. The molecule has 0 unspecified atom stereocenters. The number of hydrogen-bond acceptors (Lipinski definition) is 3. The largest absolute Gasteiger partial charge is 0.309 e. The maximum absolute atomic E-state index is 10.6. The Morgan fingerprint density at radius 1 is 1.38 bits per heavy atom. The first-order valence-corrected chi connectivity index (χ1v) is 5.37. The monoisotopic (exact) mass is 218 g/mol. The van der Waals surface area contributed by atoms with Crippen LogP contribution in [0.4, 0.5) is 5.69 Å². The Balaban J connectivity index is 1.93. The second-order valence-corrected chi connectivity index (χ2v) is 3.95. The van der Waals surface area contributed by atoms with Gasteiger partial charge in [0.25, 0.3) is 5.69 Å². The van der Waals surface area contributed by atoms with Crippen LogP contribution in [0.5, 0.6) is 0 Å². The molecular weight excluding hydrogens is 204 g/mol. The van der Waals surface area contributed by atoms with Crippen LogP contribution in [0.25, 0.3) is 0 Å². The van der Waals surface area contributed by atoms with Crippen molar-refractivity contribution in [1.82, 2.24) is 5.32 Å². The fourth-order valence-electron chi connectivity index (χ4n) is 1.83. The first-order valence-electron chi connectivity index (χ1n) is 5.37. The average molecular weight is 218 g/mol. The number of non-ortho nitro benzene ring substituents is 1. The van der Waals surface area contributed by atoms with Gasteiger partial charge in [-0.3, -0.25) is 10.1 Å². The lowest BCUT2D eigenvalue weighted by Crippen LogP contribution is -2.25. The lowest BCUT2D eigenvalue weighted by atomic mass is 10.1. The molecule has 1 aliphatic carbocycles. The molecule has 0 aromatic heterocycles. The Morgan fingerprint density at radius 3 is 2.81 bits per heavy atom. The van der Waals surface area contributed by atoms with Gasteiger partial charge in [0.05, 0.1) is 4.92 Å². The third-order valence-electron chi connectivity index (χ3n) is 2.72. The molecule has 0 saturated heterocycles. The normalized spacial score (nSPS) is 15.5. The molecule has 16 heavy (non-hydrogen) atoms. The molecule has 0 fully saturated rings. The zero-order valence-electron chi connectivity index (χ0n) is 8.93. The van der Waals surface area contributed by atoms with Gasteiger partial charge in [-0.25, -0.2) is 0 Å². The summed E-state index contributed by atoms with van der Waals surface area (Å²) in [6.45, 7) is 0.689. The quantitative estimate of drug-likeness (QED) is 0.479. The third-order valence-corrected chi connectivity index (χ3v) is 2.72. The van der Waals surface area contributed by atoms with Crippen molar-refractivity contribution >= 4 is 5.69 Å². The summed E-state index contributed by atoms with van der Waals surface area (Å²) >= 11 is 0. The molecule has 0 heterocycles. The Hall–Kier alpha value is -1.68. The van der Waals surface area contributed by atoms with Gasteiger partial charge in [-0.05, 0) is 18.4 Å². The molecule has 1 aromatic rings. The van der Waals surface area contributed by atoms with Crippen LogP contribution >= 0.6 is 0 Å². The minimum absolute atomic E-state index is 0.156. The highest BCUT2D eigenvalue weighted by Gasteiger charge is 2.10. The van der Waals surface area contributed by atoms with Crippen LogP contribution in [0.15, 0.2) is 36.4 Å². The Bertz CT molecular complexity index is 407. The lowest BCUT2D eigenvalue weighted by molar-refractivity contribution is -0.384. The van der Waals surface area contributed by atoms with Gasteiger partial charge in [0.1, 0.15) is 0 Å². The summed E-state index contributed by atoms with van der Waals surface area (Å²) in [5.74, 6) is 0. The molecule has 0 atom stereocenters. The van der Waals surface area contributed by atoms with Crippen molar-refractivity contribution in [3.05, 3.63) is 52.1 Å². The predicted octanol–water partition coefficient (Wildman–Crippen LogP) is 2.40. The SMILES string of the molecule is O=[N+]([O-])c1cccc(CNC2CC=CC2)c1. The van der Waals surface area contributed by atoms with Gasteiger partial charge in [0, 0.05) is 24.7 Å². The van der Waals surface area contributed by atoms with Crippen molar-refractivity contribution in [2.75, 3.05) is 0 Å². The van der Waals surface area contributed by atoms with Crippen molar-refractivity contribution in [2.45, 2.75) is 25.4 Å². The van der Waals surface area contributed by atoms with Gasteiger partial charge in [0.2, 0.25) is 0 Å². The van der Waals surface area contributed by atoms with E-state index < -0.39 is 0 Å². The van der Waals surface area contributed by atoms with Crippen molar-refractivity contribution in [3.8, 4) is 0 Å². The smallest absolute Gasteiger partial charge is 0.269 e. The molecule has 4 nitrogen and oxygen atoms in total. The van der Waals surface area contributed by atoms with Crippen LogP contribution < -0.4 is 5.32 Å². The fourth-order valence-corrected chi connectivity index (χ4v) is 1.83. The van der Waals surface area contributed by atoms with Crippen molar-refractivity contribution in [2.24, 2.45) is 0 Å². The van der Waals surface area contributed by atoms with Crippen molar-refractivity contribution in [3.63, 3.8) is 0 Å². The summed E-state index contributed by atoms with van der Waals surface area (Å²) in [7, 11) is 0. The van der Waals surface area contributed by atoms with E-state index in [1.165, 1.54) is 6.07 Å². The highest BCUT2D eigenvalue weighted by Crippen LogP contribution is 2.14. The number of rotatable bonds is 4. The number of nitro groups is 1. The second-order valence-electron chi connectivity index (χ2n) is 3.95. The van der Waals surface area contributed by atoms with Crippen molar-refractivity contribution < 1.29 is 4.92 Å². The standard InChI is InChI=1S/C12H14N2O2/c15-14(16)12-7-3-4-10(8-12)9-13-11-5-1-2-6-11/h1-4,7-8,11,13H,5-6,9H2. The maximum atomic E-state index is 10.6. The summed E-state index contributed by atoms with van der Waals surface area (Å²) < 4.78 is 0. The van der Waals surface area contributed by atoms with E-state index in [2.05, 4.69) is 17.5 Å². The molecule has 0 radical (unpaired) electrons. The molecule has 1 aromatic carbocycles. The van der Waals surface area contributed by atoms with Gasteiger partial charge in [0.15, 0.2) is 0 Å². The maximum Gasteiger partial charge on any atom is 0.269 e. The summed E-state index contributed by atoms with van der Waals surface area (Å²) in [5.41, 5.74) is 1.12. The summed E-state index contributed by atoms with van der Waals surface area (Å²) in [5, 5.41) is 14.0. The van der Waals surface area contributed by atoms with E-state index in [9.17, 15) is 10.1 Å². The van der Waals surface area contributed by atoms with Crippen LogP contribution in [0.1, 0.15) is 18.4 Å². The number of benzene rings is 1. The van der Waals surface area contributed by atoms with E-state index >= 15 is 0 Å². The van der Waals surface area contributed by atoms with Gasteiger partial charge in [-0.1, -0.05) is 24.3 Å². The minimum atomic E-state index is -0.360. The first-order chi connectivity index (χ1) is 7.75. The molecule has 0 amide bonds.